The van der Waals surface area contributed by atoms with Crippen LogP contribution in [0.15, 0.2) is 41.3 Å². The van der Waals surface area contributed by atoms with Crippen LogP contribution in [-0.2, 0) is 16.4 Å². The van der Waals surface area contributed by atoms with E-state index in [9.17, 15) is 18.5 Å². The van der Waals surface area contributed by atoms with Gasteiger partial charge < -0.3 is 9.47 Å². The topological polar surface area (TPSA) is 99.0 Å². The third-order valence-electron chi connectivity index (χ3n) is 4.07. The van der Waals surface area contributed by atoms with Crippen LogP contribution in [0.5, 0.6) is 11.5 Å². The van der Waals surface area contributed by atoms with Crippen molar-refractivity contribution in [2.24, 2.45) is 0 Å². The van der Waals surface area contributed by atoms with Gasteiger partial charge in [0.1, 0.15) is 16.4 Å². The van der Waals surface area contributed by atoms with E-state index in [-0.39, 0.29) is 22.9 Å². The molecule has 25 heavy (non-hydrogen) atoms. The number of non-ortho nitro benzene ring substituents is 1. The summed E-state index contributed by atoms with van der Waals surface area (Å²) in [5.74, 6) is 0.553. The van der Waals surface area contributed by atoms with Gasteiger partial charge in [-0.1, -0.05) is 6.07 Å². The minimum Gasteiger partial charge on any atom is -0.497 e. The third kappa shape index (κ3) is 2.86. The van der Waals surface area contributed by atoms with Gasteiger partial charge in [0.15, 0.2) is 0 Å². The number of sulfonamides is 1. The summed E-state index contributed by atoms with van der Waals surface area (Å²) in [6.45, 7) is 0.208. The maximum atomic E-state index is 13.1. The first-order chi connectivity index (χ1) is 11.9. The van der Waals surface area contributed by atoms with Crippen LogP contribution >= 0.6 is 0 Å². The maximum absolute atomic E-state index is 13.1. The fraction of sp³-hybridized carbons (Fsp3) is 0.250. The molecule has 0 spiro atoms. The number of anilines is 1. The van der Waals surface area contributed by atoms with Crippen molar-refractivity contribution in [3.05, 3.63) is 52.1 Å². The standard InChI is InChI=1S/C16H16N2O6S/c1-23-13-5-6-15(24-2)16(10-13)25(21,22)17-8-7-11-3-4-12(18(19)20)9-14(11)17/h3-6,9-10H,7-8H2,1-2H3. The Morgan fingerprint density at radius 1 is 1.12 bits per heavy atom. The molecule has 0 amide bonds. The lowest BCUT2D eigenvalue weighted by molar-refractivity contribution is -0.384. The monoisotopic (exact) mass is 364 g/mol. The minimum absolute atomic E-state index is 0.0475. The molecule has 0 unspecified atom stereocenters. The smallest absolute Gasteiger partial charge is 0.271 e. The molecule has 1 heterocycles. The summed E-state index contributed by atoms with van der Waals surface area (Å²) >= 11 is 0. The number of nitrogens with zero attached hydrogens (tertiary/aromatic N) is 2. The van der Waals surface area contributed by atoms with E-state index in [1.807, 2.05) is 0 Å². The molecule has 0 aromatic heterocycles. The highest BCUT2D eigenvalue weighted by Gasteiger charge is 2.34. The zero-order valence-electron chi connectivity index (χ0n) is 13.6. The quantitative estimate of drug-likeness (QED) is 0.596. The summed E-state index contributed by atoms with van der Waals surface area (Å²) in [5, 5.41) is 11.0. The minimum atomic E-state index is -3.96. The number of fused-ring (bicyclic) bond motifs is 1. The van der Waals surface area contributed by atoms with E-state index in [2.05, 4.69) is 0 Å². The SMILES string of the molecule is COc1ccc(OC)c(S(=O)(=O)N2CCc3ccc([N+](=O)[O-])cc32)c1. The molecule has 0 atom stereocenters. The normalized spacial score (nSPS) is 13.4. The highest BCUT2D eigenvalue weighted by molar-refractivity contribution is 7.93. The number of hydrogen-bond acceptors (Lipinski definition) is 6. The maximum Gasteiger partial charge on any atom is 0.271 e. The molecule has 2 aromatic rings. The van der Waals surface area contributed by atoms with Gasteiger partial charge in [-0.2, -0.15) is 0 Å². The van der Waals surface area contributed by atoms with Gasteiger partial charge in [0.2, 0.25) is 0 Å². The van der Waals surface area contributed by atoms with Gasteiger partial charge in [-0.15, -0.1) is 0 Å². The van der Waals surface area contributed by atoms with E-state index in [1.54, 1.807) is 12.1 Å². The lowest BCUT2D eigenvalue weighted by Gasteiger charge is -2.21. The van der Waals surface area contributed by atoms with Crippen LogP contribution < -0.4 is 13.8 Å². The van der Waals surface area contributed by atoms with E-state index in [0.29, 0.717) is 17.9 Å². The van der Waals surface area contributed by atoms with Crippen molar-refractivity contribution in [3.63, 3.8) is 0 Å². The molecule has 1 aliphatic rings. The summed E-state index contributed by atoms with van der Waals surface area (Å²) in [6, 6.07) is 8.74. The van der Waals surface area contributed by atoms with Crippen molar-refractivity contribution in [3.8, 4) is 11.5 Å². The Kier molecular flexibility index (Phi) is 4.25. The molecule has 3 rings (SSSR count). The summed E-state index contributed by atoms with van der Waals surface area (Å²) in [4.78, 5) is 10.4. The van der Waals surface area contributed by atoms with E-state index in [0.717, 1.165) is 5.56 Å². The van der Waals surface area contributed by atoms with Crippen molar-refractivity contribution in [2.75, 3.05) is 25.1 Å². The van der Waals surface area contributed by atoms with Crippen LogP contribution in [0, 0.1) is 10.1 Å². The average molecular weight is 364 g/mol. The van der Waals surface area contributed by atoms with Crippen molar-refractivity contribution in [1.29, 1.82) is 0 Å². The first-order valence-electron chi connectivity index (χ1n) is 7.40. The summed E-state index contributed by atoms with van der Waals surface area (Å²) in [5.41, 5.74) is 0.911. The van der Waals surface area contributed by atoms with Gasteiger partial charge >= 0.3 is 0 Å². The second kappa shape index (κ2) is 6.25. The van der Waals surface area contributed by atoms with Gasteiger partial charge in [-0.3, -0.25) is 14.4 Å². The highest BCUT2D eigenvalue weighted by Crippen LogP contribution is 2.38. The Bertz CT molecular complexity index is 942. The van der Waals surface area contributed by atoms with Crippen LogP contribution in [0.1, 0.15) is 5.56 Å². The van der Waals surface area contributed by atoms with Crippen molar-refractivity contribution < 1.29 is 22.8 Å². The van der Waals surface area contributed by atoms with Gasteiger partial charge in [-0.25, -0.2) is 8.42 Å². The van der Waals surface area contributed by atoms with Gasteiger partial charge in [0.25, 0.3) is 15.7 Å². The zero-order valence-corrected chi connectivity index (χ0v) is 14.4. The zero-order chi connectivity index (χ0) is 18.2. The van der Waals surface area contributed by atoms with Crippen LogP contribution in [-0.4, -0.2) is 34.1 Å². The third-order valence-corrected chi connectivity index (χ3v) is 5.91. The lowest BCUT2D eigenvalue weighted by Crippen LogP contribution is -2.29. The molecule has 0 aliphatic carbocycles. The Morgan fingerprint density at radius 3 is 2.52 bits per heavy atom. The lowest BCUT2D eigenvalue weighted by atomic mass is 10.1. The number of ether oxygens (including phenoxy) is 2. The molecular weight excluding hydrogens is 348 g/mol. The molecule has 1 aliphatic heterocycles. The molecule has 132 valence electrons. The number of methoxy groups -OCH3 is 2. The predicted molar refractivity (Wildman–Crippen MR) is 90.9 cm³/mol. The summed E-state index contributed by atoms with van der Waals surface area (Å²) in [7, 11) is -1.15. The number of nitro benzene ring substituents is 1. The predicted octanol–water partition coefficient (Wildman–Crippen LogP) is 2.36. The Balaban J connectivity index is 2.12. The Morgan fingerprint density at radius 2 is 1.88 bits per heavy atom. The summed E-state index contributed by atoms with van der Waals surface area (Å²) in [6.07, 6.45) is 0.485. The number of benzene rings is 2. The first kappa shape index (κ1) is 17.0. The molecule has 2 aromatic carbocycles. The van der Waals surface area contributed by atoms with Crippen LogP contribution in [0.4, 0.5) is 11.4 Å². The second-order valence-corrected chi connectivity index (χ2v) is 7.24. The molecule has 0 saturated carbocycles. The highest BCUT2D eigenvalue weighted by atomic mass is 32.2. The van der Waals surface area contributed by atoms with Crippen LogP contribution in [0.25, 0.3) is 0 Å². The molecule has 0 radical (unpaired) electrons. The van der Waals surface area contributed by atoms with Crippen molar-refractivity contribution in [2.45, 2.75) is 11.3 Å². The van der Waals surface area contributed by atoms with E-state index < -0.39 is 14.9 Å². The van der Waals surface area contributed by atoms with Crippen LogP contribution in [0.3, 0.4) is 0 Å². The fourth-order valence-corrected chi connectivity index (χ4v) is 4.47. The van der Waals surface area contributed by atoms with Gasteiger partial charge in [0.05, 0.1) is 24.8 Å². The first-order valence-corrected chi connectivity index (χ1v) is 8.84. The molecule has 0 fully saturated rings. The van der Waals surface area contributed by atoms with Crippen molar-refractivity contribution >= 4 is 21.4 Å². The summed E-state index contributed by atoms with van der Waals surface area (Å²) < 4.78 is 37.7. The van der Waals surface area contributed by atoms with Gasteiger partial charge in [-0.05, 0) is 24.1 Å². The van der Waals surface area contributed by atoms with Gasteiger partial charge in [0, 0.05) is 24.7 Å². The van der Waals surface area contributed by atoms with E-state index in [4.69, 9.17) is 9.47 Å². The van der Waals surface area contributed by atoms with E-state index >= 15 is 0 Å². The molecule has 0 bridgehead atoms. The molecule has 8 nitrogen and oxygen atoms in total. The fourth-order valence-electron chi connectivity index (χ4n) is 2.81. The average Bonchev–Trinajstić information content (AvgIpc) is 3.04. The largest absolute Gasteiger partial charge is 0.497 e. The number of nitro groups is 1. The molecular formula is C16H16N2O6S. The Labute approximate surface area is 144 Å². The second-order valence-electron chi connectivity index (χ2n) is 5.41. The van der Waals surface area contributed by atoms with E-state index in [1.165, 1.54) is 42.8 Å². The molecule has 0 saturated heterocycles. The van der Waals surface area contributed by atoms with Crippen molar-refractivity contribution in [1.82, 2.24) is 0 Å². The number of hydrogen-bond donors (Lipinski definition) is 0. The Hall–Kier alpha value is -2.81. The van der Waals surface area contributed by atoms with Crippen LogP contribution in [0.2, 0.25) is 0 Å². The number of rotatable bonds is 5. The molecule has 9 heteroatoms. The molecule has 0 N–H and O–H groups in total.